The van der Waals surface area contributed by atoms with Crippen LogP contribution in [0.1, 0.15) is 31.5 Å². The van der Waals surface area contributed by atoms with Gasteiger partial charge in [0.05, 0.1) is 24.2 Å². The van der Waals surface area contributed by atoms with Crippen LogP contribution in [-0.4, -0.2) is 54.3 Å². The molecule has 2 heterocycles. The molecule has 112 valence electrons. The van der Waals surface area contributed by atoms with E-state index in [4.69, 9.17) is 10.8 Å². The number of anilines is 1. The molecule has 5 heteroatoms. The van der Waals surface area contributed by atoms with Crippen molar-refractivity contribution in [2.45, 2.75) is 25.8 Å². The van der Waals surface area contributed by atoms with E-state index in [0.717, 1.165) is 51.3 Å². The van der Waals surface area contributed by atoms with E-state index in [9.17, 15) is 0 Å². The average Bonchev–Trinajstić information content (AvgIpc) is 2.73. The normalized spacial score (nSPS) is 18.9. The summed E-state index contributed by atoms with van der Waals surface area (Å²) >= 11 is 0. The Morgan fingerprint density at radius 1 is 1.30 bits per heavy atom. The topological polar surface area (TPSA) is 65.6 Å². The number of hydrogen-bond acceptors (Lipinski definition) is 5. The number of aliphatic hydroxyl groups is 1. The Hall–Kier alpha value is -1.17. The highest BCUT2D eigenvalue weighted by Gasteiger charge is 2.15. The van der Waals surface area contributed by atoms with E-state index in [1.165, 1.54) is 5.69 Å². The fourth-order valence-electron chi connectivity index (χ4n) is 2.61. The number of aliphatic hydroxyl groups excluding tert-OH is 1. The molecule has 0 bridgehead atoms. The van der Waals surface area contributed by atoms with Gasteiger partial charge >= 0.3 is 0 Å². The predicted octanol–water partition coefficient (Wildman–Crippen LogP) is 0.996. The highest BCUT2D eigenvalue weighted by atomic mass is 16.3. The summed E-state index contributed by atoms with van der Waals surface area (Å²) in [4.78, 5) is 9.17. The Morgan fingerprint density at radius 2 is 2.15 bits per heavy atom. The standard InChI is InChI=1S/C15H26N4O/c1-2-14(16)15-5-4-13(12-17-15)19-7-3-6-18(8-9-19)10-11-20/h4-5,12,14,20H,2-3,6-11,16H2,1H3/t14-/m0/s1. The minimum Gasteiger partial charge on any atom is -0.395 e. The van der Waals surface area contributed by atoms with Crippen molar-refractivity contribution < 1.29 is 5.11 Å². The van der Waals surface area contributed by atoms with Crippen molar-refractivity contribution in [2.24, 2.45) is 5.73 Å². The lowest BCUT2D eigenvalue weighted by molar-refractivity contribution is 0.204. The number of nitrogens with two attached hydrogens (primary N) is 1. The fraction of sp³-hybridized carbons (Fsp3) is 0.667. The molecule has 20 heavy (non-hydrogen) atoms. The first kappa shape index (κ1) is 15.2. The zero-order valence-corrected chi connectivity index (χ0v) is 12.3. The van der Waals surface area contributed by atoms with Crippen molar-refractivity contribution in [1.29, 1.82) is 0 Å². The van der Waals surface area contributed by atoms with Gasteiger partial charge in [-0.05, 0) is 31.5 Å². The van der Waals surface area contributed by atoms with E-state index in [-0.39, 0.29) is 12.6 Å². The highest BCUT2D eigenvalue weighted by molar-refractivity contribution is 5.45. The van der Waals surface area contributed by atoms with Crippen molar-refractivity contribution in [3.63, 3.8) is 0 Å². The van der Waals surface area contributed by atoms with Crippen LogP contribution in [0.15, 0.2) is 18.3 Å². The summed E-state index contributed by atoms with van der Waals surface area (Å²) in [5, 5.41) is 9.02. The lowest BCUT2D eigenvalue weighted by atomic mass is 10.1. The van der Waals surface area contributed by atoms with Gasteiger partial charge in [-0.2, -0.15) is 0 Å². The van der Waals surface area contributed by atoms with Gasteiger partial charge in [-0.15, -0.1) is 0 Å². The maximum atomic E-state index is 9.02. The molecule has 1 aliphatic heterocycles. The summed E-state index contributed by atoms with van der Waals surface area (Å²) in [6, 6.07) is 4.20. The third-order valence-corrected chi connectivity index (χ3v) is 3.96. The average molecular weight is 278 g/mol. The van der Waals surface area contributed by atoms with Gasteiger partial charge < -0.3 is 15.7 Å². The molecule has 0 aromatic carbocycles. The van der Waals surface area contributed by atoms with Gasteiger partial charge in [-0.1, -0.05) is 6.92 Å². The summed E-state index contributed by atoms with van der Waals surface area (Å²) in [6.45, 7) is 7.18. The monoisotopic (exact) mass is 278 g/mol. The predicted molar refractivity (Wildman–Crippen MR) is 81.8 cm³/mol. The van der Waals surface area contributed by atoms with E-state index < -0.39 is 0 Å². The Labute approximate surface area is 121 Å². The van der Waals surface area contributed by atoms with Crippen LogP contribution in [0.25, 0.3) is 0 Å². The smallest absolute Gasteiger partial charge is 0.0572 e. The molecule has 0 radical (unpaired) electrons. The van der Waals surface area contributed by atoms with Crippen molar-refractivity contribution >= 4 is 5.69 Å². The molecule has 1 atom stereocenters. The molecular weight excluding hydrogens is 252 g/mol. The second-order valence-electron chi connectivity index (χ2n) is 5.36. The largest absolute Gasteiger partial charge is 0.395 e. The van der Waals surface area contributed by atoms with Gasteiger partial charge in [0.25, 0.3) is 0 Å². The number of nitrogens with zero attached hydrogens (tertiary/aromatic N) is 3. The van der Waals surface area contributed by atoms with Crippen LogP contribution in [0.2, 0.25) is 0 Å². The third-order valence-electron chi connectivity index (χ3n) is 3.96. The summed E-state index contributed by atoms with van der Waals surface area (Å²) in [5.74, 6) is 0. The Balaban J connectivity index is 1.97. The molecule has 1 saturated heterocycles. The first-order valence-corrected chi connectivity index (χ1v) is 7.54. The molecule has 0 spiro atoms. The SMILES string of the molecule is CC[C@H](N)c1ccc(N2CCCN(CCO)CC2)cn1. The van der Waals surface area contributed by atoms with Gasteiger partial charge in [0.1, 0.15) is 0 Å². The second-order valence-corrected chi connectivity index (χ2v) is 5.36. The van der Waals surface area contributed by atoms with Crippen LogP contribution in [0.3, 0.4) is 0 Å². The Kier molecular flexibility index (Phi) is 5.76. The van der Waals surface area contributed by atoms with Crippen LogP contribution in [0.5, 0.6) is 0 Å². The summed E-state index contributed by atoms with van der Waals surface area (Å²) in [7, 11) is 0. The van der Waals surface area contributed by atoms with Crippen molar-refractivity contribution in [3.8, 4) is 0 Å². The van der Waals surface area contributed by atoms with Crippen LogP contribution in [0, 0.1) is 0 Å². The first-order chi connectivity index (χ1) is 9.74. The van der Waals surface area contributed by atoms with Crippen molar-refractivity contribution in [2.75, 3.05) is 44.2 Å². The maximum absolute atomic E-state index is 9.02. The molecule has 2 rings (SSSR count). The zero-order valence-electron chi connectivity index (χ0n) is 12.3. The van der Waals surface area contributed by atoms with Gasteiger partial charge in [0.2, 0.25) is 0 Å². The van der Waals surface area contributed by atoms with Crippen LogP contribution < -0.4 is 10.6 Å². The van der Waals surface area contributed by atoms with Crippen molar-refractivity contribution in [3.05, 3.63) is 24.0 Å². The van der Waals surface area contributed by atoms with Gasteiger partial charge in [0.15, 0.2) is 0 Å². The van der Waals surface area contributed by atoms with Gasteiger partial charge in [0, 0.05) is 32.2 Å². The van der Waals surface area contributed by atoms with Gasteiger partial charge in [-0.25, -0.2) is 0 Å². The molecule has 0 saturated carbocycles. The fourth-order valence-corrected chi connectivity index (χ4v) is 2.61. The molecule has 0 aliphatic carbocycles. The number of pyridine rings is 1. The molecule has 1 aliphatic rings. The highest BCUT2D eigenvalue weighted by Crippen LogP contribution is 2.18. The molecule has 3 N–H and O–H groups in total. The summed E-state index contributed by atoms with van der Waals surface area (Å²) in [5.41, 5.74) is 8.13. The minimum atomic E-state index is 0.0354. The molecule has 1 aromatic heterocycles. The maximum Gasteiger partial charge on any atom is 0.0572 e. The van der Waals surface area contributed by atoms with E-state index in [2.05, 4.69) is 27.8 Å². The Morgan fingerprint density at radius 3 is 2.80 bits per heavy atom. The van der Waals surface area contributed by atoms with Crippen LogP contribution >= 0.6 is 0 Å². The lowest BCUT2D eigenvalue weighted by Crippen LogP contribution is -2.32. The number of hydrogen-bond donors (Lipinski definition) is 2. The third kappa shape index (κ3) is 3.91. The van der Waals surface area contributed by atoms with Crippen LogP contribution in [-0.2, 0) is 0 Å². The molecule has 5 nitrogen and oxygen atoms in total. The summed E-state index contributed by atoms with van der Waals surface area (Å²) < 4.78 is 0. The Bertz CT molecular complexity index is 395. The van der Waals surface area contributed by atoms with Crippen molar-refractivity contribution in [1.82, 2.24) is 9.88 Å². The lowest BCUT2D eigenvalue weighted by Gasteiger charge is -2.23. The van der Waals surface area contributed by atoms with Gasteiger partial charge in [-0.3, -0.25) is 9.88 Å². The van der Waals surface area contributed by atoms with E-state index in [1.807, 2.05) is 12.3 Å². The number of β-amino-alcohol motifs (C(OH)–C–C–N with tert-alkyl or cyclic N) is 1. The summed E-state index contributed by atoms with van der Waals surface area (Å²) in [6.07, 6.45) is 3.97. The molecule has 0 unspecified atom stereocenters. The molecule has 1 aromatic rings. The minimum absolute atomic E-state index is 0.0354. The van der Waals surface area contributed by atoms with E-state index in [1.54, 1.807) is 0 Å². The number of aromatic nitrogens is 1. The number of rotatable bonds is 5. The molecule has 1 fully saturated rings. The van der Waals surface area contributed by atoms with Crippen LogP contribution in [0.4, 0.5) is 5.69 Å². The second kappa shape index (κ2) is 7.57. The molecular formula is C15H26N4O. The van der Waals surface area contributed by atoms with E-state index in [0.29, 0.717) is 0 Å². The molecule has 0 amide bonds. The first-order valence-electron chi connectivity index (χ1n) is 7.54. The zero-order chi connectivity index (χ0) is 14.4. The van der Waals surface area contributed by atoms with E-state index >= 15 is 0 Å². The quantitative estimate of drug-likeness (QED) is 0.841.